The molecule has 0 saturated carbocycles. The third-order valence-corrected chi connectivity index (χ3v) is 2.49. The van der Waals surface area contributed by atoms with Crippen LogP contribution in [0.2, 0.25) is 0 Å². The summed E-state index contributed by atoms with van der Waals surface area (Å²) in [6.45, 7) is 1.76. The fraction of sp³-hybridized carbons (Fsp3) is 0.400. The Morgan fingerprint density at radius 3 is 2.82 bits per heavy atom. The minimum Gasteiger partial charge on any atom is -0.476 e. The summed E-state index contributed by atoms with van der Waals surface area (Å²) in [6.07, 6.45) is 3.04. The van der Waals surface area contributed by atoms with Crippen molar-refractivity contribution in [1.29, 1.82) is 0 Å². The average molecular weight is 236 g/mol. The minimum absolute atomic E-state index is 0.0163. The molecule has 0 atom stereocenters. The van der Waals surface area contributed by atoms with E-state index < -0.39 is 5.97 Å². The van der Waals surface area contributed by atoms with Gasteiger partial charge in [0.15, 0.2) is 5.69 Å². The summed E-state index contributed by atoms with van der Waals surface area (Å²) in [6, 6.07) is 0. The highest BCUT2D eigenvalue weighted by Crippen LogP contribution is 2.10. The van der Waals surface area contributed by atoms with E-state index in [-0.39, 0.29) is 11.6 Å². The van der Waals surface area contributed by atoms with Crippen molar-refractivity contribution < 1.29 is 14.7 Å². The third-order valence-electron chi connectivity index (χ3n) is 2.49. The molecule has 1 aliphatic heterocycles. The molecule has 1 saturated heterocycles. The Hall–Kier alpha value is -2.18. The topological polar surface area (TPSA) is 95.4 Å². The first-order valence-electron chi connectivity index (χ1n) is 5.24. The molecule has 0 unspecified atom stereocenters. The Labute approximate surface area is 97.5 Å². The van der Waals surface area contributed by atoms with Crippen LogP contribution in [-0.2, 0) is 4.79 Å². The van der Waals surface area contributed by atoms with E-state index in [0.717, 1.165) is 0 Å². The van der Waals surface area contributed by atoms with Gasteiger partial charge in [-0.05, 0) is 0 Å². The van der Waals surface area contributed by atoms with Crippen LogP contribution < -0.4 is 10.2 Å². The van der Waals surface area contributed by atoms with E-state index in [2.05, 4.69) is 15.3 Å². The molecule has 7 nitrogen and oxygen atoms in total. The zero-order chi connectivity index (χ0) is 12.3. The zero-order valence-corrected chi connectivity index (χ0v) is 9.09. The number of hydrogen-bond acceptors (Lipinski definition) is 5. The molecule has 1 aliphatic rings. The lowest BCUT2D eigenvalue weighted by atomic mass is 10.4. The van der Waals surface area contributed by atoms with E-state index in [1.54, 1.807) is 0 Å². The number of aromatic carboxylic acids is 1. The Balaban J connectivity index is 2.11. The van der Waals surface area contributed by atoms with Gasteiger partial charge in [-0.1, -0.05) is 0 Å². The Morgan fingerprint density at radius 1 is 1.35 bits per heavy atom. The van der Waals surface area contributed by atoms with Crippen molar-refractivity contribution in [3.8, 4) is 0 Å². The molecular weight excluding hydrogens is 224 g/mol. The van der Waals surface area contributed by atoms with Crippen LogP contribution >= 0.6 is 0 Å². The van der Waals surface area contributed by atoms with Crippen LogP contribution in [-0.4, -0.2) is 46.6 Å². The van der Waals surface area contributed by atoms with Crippen LogP contribution in [0.15, 0.2) is 12.4 Å². The largest absolute Gasteiger partial charge is 0.476 e. The Morgan fingerprint density at radius 2 is 2.18 bits per heavy atom. The number of carbonyl (C=O) groups excluding carboxylic acids is 1. The first-order valence-corrected chi connectivity index (χ1v) is 5.24. The lowest BCUT2D eigenvalue weighted by Crippen LogP contribution is -2.29. The molecule has 0 aliphatic carbocycles. The van der Waals surface area contributed by atoms with Gasteiger partial charge >= 0.3 is 5.97 Å². The smallest absolute Gasteiger partial charge is 0.356 e. The number of amides is 1. The van der Waals surface area contributed by atoms with E-state index in [1.165, 1.54) is 12.4 Å². The molecule has 1 amide bonds. The second-order valence-electron chi connectivity index (χ2n) is 3.65. The third kappa shape index (κ3) is 2.68. The fourth-order valence-electron chi connectivity index (χ4n) is 1.59. The maximum Gasteiger partial charge on any atom is 0.356 e. The van der Waals surface area contributed by atoms with Crippen molar-refractivity contribution in [3.63, 3.8) is 0 Å². The molecule has 1 fully saturated rings. The molecule has 0 bridgehead atoms. The van der Waals surface area contributed by atoms with Gasteiger partial charge in [-0.3, -0.25) is 4.79 Å². The average Bonchev–Trinajstić information content (AvgIpc) is 2.54. The maximum absolute atomic E-state index is 11.2. The lowest BCUT2D eigenvalue weighted by Gasteiger charge is -2.19. The van der Waals surface area contributed by atoms with Gasteiger partial charge in [-0.2, -0.15) is 0 Å². The summed E-state index contributed by atoms with van der Waals surface area (Å²) < 4.78 is 0. The van der Waals surface area contributed by atoms with Crippen LogP contribution in [0.25, 0.3) is 0 Å². The number of aromatic nitrogens is 2. The van der Waals surface area contributed by atoms with Gasteiger partial charge in [0.2, 0.25) is 5.91 Å². The molecular formula is C10H12N4O3. The van der Waals surface area contributed by atoms with Crippen molar-refractivity contribution in [2.45, 2.75) is 6.42 Å². The van der Waals surface area contributed by atoms with Gasteiger partial charge < -0.3 is 15.3 Å². The van der Waals surface area contributed by atoms with Gasteiger partial charge in [0.05, 0.1) is 12.4 Å². The molecule has 2 rings (SSSR count). The van der Waals surface area contributed by atoms with Gasteiger partial charge in [-0.15, -0.1) is 0 Å². The normalized spacial score (nSPS) is 16.2. The fourth-order valence-corrected chi connectivity index (χ4v) is 1.59. The van der Waals surface area contributed by atoms with Crippen LogP contribution in [0, 0.1) is 0 Å². The van der Waals surface area contributed by atoms with Crippen molar-refractivity contribution in [2.24, 2.45) is 0 Å². The first kappa shape index (κ1) is 11.3. The molecule has 1 aromatic rings. The number of anilines is 1. The predicted octanol–water partition coefficient (Wildman–Crippen LogP) is -0.499. The first-order chi connectivity index (χ1) is 8.16. The molecule has 1 aromatic heterocycles. The minimum atomic E-state index is -1.10. The van der Waals surface area contributed by atoms with E-state index in [9.17, 15) is 9.59 Å². The standard InChI is InChI=1S/C10H12N4O3/c15-9-1-3-14(4-2-11-9)8-6-12-7(5-13-8)10(16)17/h5-6H,1-4H2,(H,11,15)(H,16,17). The van der Waals surface area contributed by atoms with Crippen molar-refractivity contribution >= 4 is 17.7 Å². The van der Waals surface area contributed by atoms with E-state index >= 15 is 0 Å². The van der Waals surface area contributed by atoms with Gasteiger partial charge in [-0.25, -0.2) is 14.8 Å². The quantitative estimate of drug-likeness (QED) is 0.718. The van der Waals surface area contributed by atoms with Crippen molar-refractivity contribution in [2.75, 3.05) is 24.5 Å². The lowest BCUT2D eigenvalue weighted by molar-refractivity contribution is -0.120. The van der Waals surface area contributed by atoms with Crippen LogP contribution in [0.1, 0.15) is 16.9 Å². The number of carbonyl (C=O) groups is 2. The highest BCUT2D eigenvalue weighted by Gasteiger charge is 2.15. The molecule has 2 heterocycles. The van der Waals surface area contributed by atoms with E-state index in [4.69, 9.17) is 5.11 Å². The Bertz CT molecular complexity index is 432. The number of rotatable bonds is 2. The number of hydrogen-bond donors (Lipinski definition) is 2. The van der Waals surface area contributed by atoms with E-state index in [0.29, 0.717) is 31.9 Å². The molecule has 90 valence electrons. The molecule has 0 radical (unpaired) electrons. The molecule has 2 N–H and O–H groups in total. The monoisotopic (exact) mass is 236 g/mol. The predicted molar refractivity (Wildman–Crippen MR) is 58.8 cm³/mol. The van der Waals surface area contributed by atoms with Crippen molar-refractivity contribution in [3.05, 3.63) is 18.1 Å². The van der Waals surface area contributed by atoms with Crippen molar-refractivity contribution in [1.82, 2.24) is 15.3 Å². The molecule has 17 heavy (non-hydrogen) atoms. The van der Waals surface area contributed by atoms with Gasteiger partial charge in [0.1, 0.15) is 5.82 Å². The van der Waals surface area contributed by atoms with Gasteiger partial charge in [0, 0.05) is 26.1 Å². The SMILES string of the molecule is O=C1CCN(c2cnc(C(=O)O)cn2)CCN1. The number of nitrogens with one attached hydrogen (secondary N) is 1. The summed E-state index contributed by atoms with van der Waals surface area (Å²) in [5.74, 6) is -0.495. The zero-order valence-electron chi connectivity index (χ0n) is 9.09. The van der Waals surface area contributed by atoms with Crippen LogP contribution in [0.4, 0.5) is 5.82 Å². The summed E-state index contributed by atoms with van der Waals surface area (Å²) >= 11 is 0. The van der Waals surface area contributed by atoms with Crippen LogP contribution in [0.5, 0.6) is 0 Å². The Kier molecular flexibility index (Phi) is 3.17. The summed E-state index contributed by atoms with van der Waals surface area (Å²) in [5.41, 5.74) is -0.0854. The summed E-state index contributed by atoms with van der Waals surface area (Å²) in [7, 11) is 0. The molecule has 7 heteroatoms. The van der Waals surface area contributed by atoms with E-state index in [1.807, 2.05) is 4.90 Å². The summed E-state index contributed by atoms with van der Waals surface area (Å²) in [5, 5.41) is 11.4. The highest BCUT2D eigenvalue weighted by atomic mass is 16.4. The maximum atomic E-state index is 11.2. The molecule has 0 aromatic carbocycles. The number of carboxylic acids is 1. The van der Waals surface area contributed by atoms with Crippen LogP contribution in [0.3, 0.4) is 0 Å². The number of nitrogens with zero attached hydrogens (tertiary/aromatic N) is 3. The second kappa shape index (κ2) is 4.77. The van der Waals surface area contributed by atoms with Gasteiger partial charge in [0.25, 0.3) is 0 Å². The highest BCUT2D eigenvalue weighted by molar-refractivity contribution is 5.85. The second-order valence-corrected chi connectivity index (χ2v) is 3.65. The summed E-state index contributed by atoms with van der Waals surface area (Å²) in [4.78, 5) is 31.5. The number of carboxylic acid groups (broad SMARTS) is 1. The molecule has 0 spiro atoms.